The summed E-state index contributed by atoms with van der Waals surface area (Å²) in [6, 6.07) is 3.28. The molecule has 4 nitrogen and oxygen atoms in total. The number of hydrogen-bond donors (Lipinski definition) is 1. The maximum Gasteiger partial charge on any atom is 0.433 e. The number of halogens is 4. The molecule has 22 heavy (non-hydrogen) atoms. The summed E-state index contributed by atoms with van der Waals surface area (Å²) in [5.41, 5.74) is -0.914. The minimum Gasteiger partial charge on any atom is -0.320 e. The largest absolute Gasteiger partial charge is 0.433 e. The van der Waals surface area contributed by atoms with Gasteiger partial charge >= 0.3 is 6.18 Å². The van der Waals surface area contributed by atoms with Crippen molar-refractivity contribution in [3.05, 3.63) is 59.1 Å². The fraction of sp³-hybridized carbons (Fsp3) is 0.0714. The molecule has 114 valence electrons. The molecule has 1 amide bonds. The third-order valence-electron chi connectivity index (χ3n) is 2.67. The molecule has 0 saturated heterocycles. The molecular weight excluding hydrogens is 319 g/mol. The number of carbonyl (C=O) groups is 1. The zero-order valence-electron chi connectivity index (χ0n) is 11.0. The first-order valence-corrected chi connectivity index (χ1v) is 6.32. The van der Waals surface area contributed by atoms with E-state index < -0.39 is 17.8 Å². The lowest BCUT2D eigenvalue weighted by atomic mass is 10.2. The van der Waals surface area contributed by atoms with Gasteiger partial charge in [-0.1, -0.05) is 18.2 Å². The monoisotopic (exact) mass is 327 g/mol. The maximum absolute atomic E-state index is 12.6. The summed E-state index contributed by atoms with van der Waals surface area (Å²) in [5.74, 6) is -0.586. The molecule has 2 rings (SSSR count). The van der Waals surface area contributed by atoms with Crippen LogP contribution < -0.4 is 5.32 Å². The topological polar surface area (TPSA) is 54.9 Å². The lowest BCUT2D eigenvalue weighted by molar-refractivity contribution is -0.141. The first-order chi connectivity index (χ1) is 10.3. The molecule has 0 saturated carbocycles. The Kier molecular flexibility index (Phi) is 4.46. The van der Waals surface area contributed by atoms with Gasteiger partial charge in [0.2, 0.25) is 0 Å². The first-order valence-electron chi connectivity index (χ1n) is 5.94. The van der Waals surface area contributed by atoms with Crippen molar-refractivity contribution in [1.82, 2.24) is 9.97 Å². The first kappa shape index (κ1) is 16.0. The van der Waals surface area contributed by atoms with E-state index in [4.69, 9.17) is 11.6 Å². The fourth-order valence-electron chi connectivity index (χ4n) is 1.64. The second kappa shape index (κ2) is 6.15. The van der Waals surface area contributed by atoms with E-state index in [1.807, 2.05) is 0 Å². The van der Waals surface area contributed by atoms with Gasteiger partial charge in [-0.15, -0.1) is 0 Å². The Hall–Kier alpha value is -2.41. The van der Waals surface area contributed by atoms with Crippen molar-refractivity contribution in [1.29, 1.82) is 0 Å². The second-order valence-electron chi connectivity index (χ2n) is 4.14. The van der Waals surface area contributed by atoms with E-state index in [1.165, 1.54) is 18.5 Å². The SMILES string of the molecule is C=Cc1nc(C(F)(F)F)ccc1NC(=O)c1ccncc1Cl. The van der Waals surface area contributed by atoms with Crippen LogP contribution in [0.4, 0.5) is 18.9 Å². The molecule has 0 fully saturated rings. The number of rotatable bonds is 3. The van der Waals surface area contributed by atoms with Gasteiger partial charge in [-0.3, -0.25) is 9.78 Å². The van der Waals surface area contributed by atoms with Crippen LogP contribution in [0.15, 0.2) is 37.2 Å². The van der Waals surface area contributed by atoms with Gasteiger partial charge in [-0.2, -0.15) is 13.2 Å². The molecule has 0 aliphatic carbocycles. The van der Waals surface area contributed by atoms with Crippen LogP contribution in [0.5, 0.6) is 0 Å². The Labute approximate surface area is 128 Å². The smallest absolute Gasteiger partial charge is 0.320 e. The predicted octanol–water partition coefficient (Wildman–Crippen LogP) is 4.04. The maximum atomic E-state index is 12.6. The Morgan fingerprint density at radius 1 is 1.32 bits per heavy atom. The van der Waals surface area contributed by atoms with E-state index in [9.17, 15) is 18.0 Å². The van der Waals surface area contributed by atoms with Gasteiger partial charge in [0.15, 0.2) is 0 Å². The number of amides is 1. The van der Waals surface area contributed by atoms with Crippen LogP contribution in [0.25, 0.3) is 6.08 Å². The van der Waals surface area contributed by atoms with E-state index in [1.54, 1.807) is 0 Å². The molecule has 0 spiro atoms. The molecule has 1 N–H and O–H groups in total. The standard InChI is InChI=1S/C14H9ClF3N3O/c1-2-10-11(3-4-12(20-10)14(16,17)18)21-13(22)8-5-6-19-7-9(8)15/h2-7H,1H2,(H,21,22). The molecule has 0 aromatic carbocycles. The highest BCUT2D eigenvalue weighted by Crippen LogP contribution is 2.30. The quantitative estimate of drug-likeness (QED) is 0.925. The summed E-state index contributed by atoms with van der Waals surface area (Å²) in [7, 11) is 0. The fourth-order valence-corrected chi connectivity index (χ4v) is 1.85. The third-order valence-corrected chi connectivity index (χ3v) is 2.97. The molecule has 0 atom stereocenters. The van der Waals surface area contributed by atoms with E-state index in [0.29, 0.717) is 0 Å². The van der Waals surface area contributed by atoms with Crippen molar-refractivity contribution in [2.45, 2.75) is 6.18 Å². The lowest BCUT2D eigenvalue weighted by Crippen LogP contribution is -2.15. The number of alkyl halides is 3. The van der Waals surface area contributed by atoms with Crippen LogP contribution in [0, 0.1) is 0 Å². The normalized spacial score (nSPS) is 11.1. The van der Waals surface area contributed by atoms with Crippen molar-refractivity contribution >= 4 is 29.3 Å². The molecule has 0 aliphatic rings. The van der Waals surface area contributed by atoms with Gasteiger partial charge < -0.3 is 5.32 Å². The summed E-state index contributed by atoms with van der Waals surface area (Å²) in [6.45, 7) is 3.40. The number of nitrogens with zero attached hydrogens (tertiary/aromatic N) is 2. The highest BCUT2D eigenvalue weighted by Gasteiger charge is 2.32. The summed E-state index contributed by atoms with van der Waals surface area (Å²) in [6.07, 6.45) is -0.788. The number of pyridine rings is 2. The van der Waals surface area contributed by atoms with Crippen LogP contribution >= 0.6 is 11.6 Å². The van der Waals surface area contributed by atoms with Crippen LogP contribution in [-0.2, 0) is 6.18 Å². The summed E-state index contributed by atoms with van der Waals surface area (Å²) >= 11 is 5.84. The van der Waals surface area contributed by atoms with Crippen LogP contribution in [0.3, 0.4) is 0 Å². The Morgan fingerprint density at radius 3 is 2.64 bits per heavy atom. The van der Waals surface area contributed by atoms with Gasteiger partial charge in [0, 0.05) is 12.4 Å². The second-order valence-corrected chi connectivity index (χ2v) is 4.55. The summed E-state index contributed by atoms with van der Waals surface area (Å²) in [4.78, 5) is 19.2. The van der Waals surface area contributed by atoms with Gasteiger partial charge in [0.1, 0.15) is 5.69 Å². The van der Waals surface area contributed by atoms with Crippen molar-refractivity contribution in [3.63, 3.8) is 0 Å². The molecule has 0 bridgehead atoms. The average Bonchev–Trinajstić information content (AvgIpc) is 2.46. The van der Waals surface area contributed by atoms with Crippen molar-refractivity contribution in [2.75, 3.05) is 5.32 Å². The van der Waals surface area contributed by atoms with Crippen LogP contribution in [-0.4, -0.2) is 15.9 Å². The van der Waals surface area contributed by atoms with Gasteiger partial charge in [0.25, 0.3) is 5.91 Å². The number of nitrogens with one attached hydrogen (secondary N) is 1. The van der Waals surface area contributed by atoms with E-state index in [2.05, 4.69) is 21.9 Å². The molecular formula is C14H9ClF3N3O. The molecule has 0 aliphatic heterocycles. The van der Waals surface area contributed by atoms with Gasteiger partial charge in [-0.25, -0.2) is 4.98 Å². The predicted molar refractivity (Wildman–Crippen MR) is 76.5 cm³/mol. The molecule has 2 aromatic heterocycles. The number of anilines is 1. The highest BCUT2D eigenvalue weighted by atomic mass is 35.5. The Bertz CT molecular complexity index is 732. The Balaban J connectivity index is 2.32. The summed E-state index contributed by atoms with van der Waals surface area (Å²) in [5, 5.41) is 2.57. The number of hydrogen-bond acceptors (Lipinski definition) is 3. The lowest BCUT2D eigenvalue weighted by Gasteiger charge is -2.11. The van der Waals surface area contributed by atoms with Crippen molar-refractivity contribution in [2.24, 2.45) is 0 Å². The van der Waals surface area contributed by atoms with E-state index >= 15 is 0 Å². The van der Waals surface area contributed by atoms with Crippen molar-refractivity contribution < 1.29 is 18.0 Å². The van der Waals surface area contributed by atoms with Crippen LogP contribution in [0.1, 0.15) is 21.7 Å². The molecule has 0 radical (unpaired) electrons. The molecule has 2 heterocycles. The number of aromatic nitrogens is 2. The minimum atomic E-state index is -4.57. The van der Waals surface area contributed by atoms with E-state index in [0.717, 1.165) is 18.2 Å². The average molecular weight is 328 g/mol. The molecule has 8 heteroatoms. The molecule has 0 unspecified atom stereocenters. The van der Waals surface area contributed by atoms with Crippen LogP contribution in [0.2, 0.25) is 5.02 Å². The summed E-state index contributed by atoms with van der Waals surface area (Å²) < 4.78 is 37.8. The highest BCUT2D eigenvalue weighted by molar-refractivity contribution is 6.34. The Morgan fingerprint density at radius 2 is 2.05 bits per heavy atom. The third kappa shape index (κ3) is 3.43. The van der Waals surface area contributed by atoms with E-state index in [-0.39, 0.29) is 22.0 Å². The van der Waals surface area contributed by atoms with Crippen molar-refractivity contribution in [3.8, 4) is 0 Å². The number of carbonyl (C=O) groups excluding carboxylic acids is 1. The van der Waals surface area contributed by atoms with Gasteiger partial charge in [-0.05, 0) is 24.3 Å². The minimum absolute atomic E-state index is 0.0895. The zero-order valence-corrected chi connectivity index (χ0v) is 11.7. The molecule has 2 aromatic rings. The van der Waals surface area contributed by atoms with Gasteiger partial charge in [0.05, 0.1) is 22.0 Å². The zero-order chi connectivity index (χ0) is 16.3.